The predicted octanol–water partition coefficient (Wildman–Crippen LogP) is 5.19. The largest absolute Gasteiger partial charge is 0.475 e. The molecule has 0 radical (unpaired) electrons. The molecule has 0 saturated carbocycles. The summed E-state index contributed by atoms with van der Waals surface area (Å²) in [4.78, 5) is 11.5. The molecular weight excluding hydrogens is 431 g/mol. The molecule has 8 heteroatoms. The molecule has 0 aliphatic heterocycles. The van der Waals surface area contributed by atoms with Gasteiger partial charge in [0.1, 0.15) is 5.78 Å². The minimum Gasteiger partial charge on any atom is -0.378 e. The third-order valence-corrected chi connectivity index (χ3v) is 6.12. The van der Waals surface area contributed by atoms with Crippen LogP contribution >= 0.6 is 7.82 Å². The maximum atomic E-state index is 13.1. The lowest BCUT2D eigenvalue weighted by atomic mass is 9.90. The van der Waals surface area contributed by atoms with Gasteiger partial charge in [0.25, 0.3) is 0 Å². The highest BCUT2D eigenvalue weighted by atomic mass is 31.2. The Morgan fingerprint density at radius 2 is 1.22 bits per heavy atom. The highest BCUT2D eigenvalue weighted by molar-refractivity contribution is 7.48. The fraction of sp³-hybridized carbons (Fsp3) is 0.458. The first-order valence-corrected chi connectivity index (χ1v) is 12.0. The number of benzene rings is 2. The van der Waals surface area contributed by atoms with E-state index in [9.17, 15) is 9.36 Å². The van der Waals surface area contributed by atoms with E-state index < -0.39 is 13.2 Å². The molecule has 2 aromatic rings. The summed E-state index contributed by atoms with van der Waals surface area (Å²) in [7, 11) is -3.79. The molecular formula is C24H33O7P. The van der Waals surface area contributed by atoms with Gasteiger partial charge in [-0.3, -0.25) is 18.4 Å². The van der Waals surface area contributed by atoms with E-state index in [1.165, 1.54) is 0 Å². The SMILES string of the molecule is CC(=O)C(C)(C)COCCOCCOP(=O)(OCc1ccccc1)OCc1ccccc1. The molecule has 0 aliphatic carbocycles. The second-order valence-corrected chi connectivity index (χ2v) is 9.57. The number of phosphoric ester groups is 1. The van der Waals surface area contributed by atoms with Crippen LogP contribution in [0, 0.1) is 5.41 Å². The molecule has 0 spiro atoms. The van der Waals surface area contributed by atoms with Crippen LogP contribution in [0.2, 0.25) is 0 Å². The first-order valence-electron chi connectivity index (χ1n) is 10.6. The zero-order valence-corrected chi connectivity index (χ0v) is 19.9. The van der Waals surface area contributed by atoms with E-state index >= 15 is 0 Å². The van der Waals surface area contributed by atoms with Crippen molar-refractivity contribution in [3.05, 3.63) is 71.8 Å². The topological polar surface area (TPSA) is 80.3 Å². The number of ketones is 1. The third kappa shape index (κ3) is 10.2. The van der Waals surface area contributed by atoms with Crippen LogP contribution in [0.25, 0.3) is 0 Å². The third-order valence-electron chi connectivity index (χ3n) is 4.73. The Hall–Kier alpha value is -1.86. The number of Topliss-reactive ketones (excluding diaryl/α,β-unsaturated/α-hetero) is 1. The van der Waals surface area contributed by atoms with Gasteiger partial charge in [-0.1, -0.05) is 74.5 Å². The Morgan fingerprint density at radius 3 is 1.72 bits per heavy atom. The van der Waals surface area contributed by atoms with Crippen LogP contribution in [-0.2, 0) is 45.6 Å². The summed E-state index contributed by atoms with van der Waals surface area (Å²) in [5.41, 5.74) is 1.21. The number of phosphoric acid groups is 1. The molecule has 2 rings (SSSR count). The van der Waals surface area contributed by atoms with Gasteiger partial charge in [-0.05, 0) is 18.1 Å². The molecule has 7 nitrogen and oxygen atoms in total. The average Bonchev–Trinajstić information content (AvgIpc) is 2.79. The quantitative estimate of drug-likeness (QED) is 0.250. The van der Waals surface area contributed by atoms with E-state index in [0.717, 1.165) is 11.1 Å². The molecule has 0 unspecified atom stereocenters. The van der Waals surface area contributed by atoms with Crippen molar-refractivity contribution in [1.29, 1.82) is 0 Å². The molecule has 0 aliphatic rings. The molecule has 0 bridgehead atoms. The van der Waals surface area contributed by atoms with Gasteiger partial charge in [-0.2, -0.15) is 0 Å². The molecule has 2 aromatic carbocycles. The fourth-order valence-corrected chi connectivity index (χ4v) is 3.56. The molecule has 32 heavy (non-hydrogen) atoms. The van der Waals surface area contributed by atoms with E-state index in [-0.39, 0.29) is 32.2 Å². The van der Waals surface area contributed by atoms with Crippen molar-refractivity contribution in [2.45, 2.75) is 34.0 Å². The van der Waals surface area contributed by atoms with Crippen LogP contribution in [-0.4, -0.2) is 38.8 Å². The maximum Gasteiger partial charge on any atom is 0.475 e. The normalized spacial score (nSPS) is 12.1. The summed E-state index contributed by atoms with van der Waals surface area (Å²) in [5, 5.41) is 0. The standard InChI is InChI=1S/C24H33O7P/c1-21(25)24(2,3)20-28-15-14-27-16-17-29-32(26,30-18-22-10-6-4-7-11-22)31-19-23-12-8-5-9-13-23/h4-13H,14-20H2,1-3H3. The van der Waals surface area contributed by atoms with Crippen molar-refractivity contribution in [2.75, 3.05) is 33.0 Å². The van der Waals surface area contributed by atoms with E-state index in [4.69, 9.17) is 23.0 Å². The molecule has 176 valence electrons. The first kappa shape index (κ1) is 26.4. The lowest BCUT2D eigenvalue weighted by molar-refractivity contribution is -0.128. The van der Waals surface area contributed by atoms with Gasteiger partial charge in [0.15, 0.2) is 0 Å². The summed E-state index contributed by atoms with van der Waals surface area (Å²) in [6.07, 6.45) is 0. The monoisotopic (exact) mass is 464 g/mol. The molecule has 0 atom stereocenters. The number of hydrogen-bond acceptors (Lipinski definition) is 7. The second kappa shape index (κ2) is 13.6. The van der Waals surface area contributed by atoms with Crippen molar-refractivity contribution in [3.8, 4) is 0 Å². The summed E-state index contributed by atoms with van der Waals surface area (Å²) in [6.45, 7) is 6.70. The van der Waals surface area contributed by atoms with Gasteiger partial charge in [0.2, 0.25) is 0 Å². The van der Waals surface area contributed by atoms with Crippen LogP contribution in [0.4, 0.5) is 0 Å². The van der Waals surface area contributed by atoms with Crippen LogP contribution in [0.3, 0.4) is 0 Å². The second-order valence-electron chi connectivity index (χ2n) is 7.90. The van der Waals surface area contributed by atoms with E-state index in [0.29, 0.717) is 19.8 Å². The van der Waals surface area contributed by atoms with Crippen molar-refractivity contribution in [2.24, 2.45) is 5.41 Å². The van der Waals surface area contributed by atoms with Gasteiger partial charge in [0, 0.05) is 5.41 Å². The Bertz CT molecular complexity index is 792. The molecule has 0 amide bonds. The minimum atomic E-state index is -3.79. The summed E-state index contributed by atoms with van der Waals surface area (Å²) in [6, 6.07) is 18.8. The Kier molecular flexibility index (Phi) is 11.2. The zero-order chi connectivity index (χ0) is 23.3. The molecule has 0 saturated heterocycles. The smallest absolute Gasteiger partial charge is 0.378 e. The van der Waals surface area contributed by atoms with Gasteiger partial charge >= 0.3 is 7.82 Å². The first-order chi connectivity index (χ1) is 15.3. The van der Waals surface area contributed by atoms with Crippen LogP contribution in [0.5, 0.6) is 0 Å². The van der Waals surface area contributed by atoms with Crippen LogP contribution in [0.1, 0.15) is 31.9 Å². The van der Waals surface area contributed by atoms with Crippen LogP contribution in [0.15, 0.2) is 60.7 Å². The van der Waals surface area contributed by atoms with Crippen molar-refractivity contribution in [1.82, 2.24) is 0 Å². The molecule has 0 aromatic heterocycles. The van der Waals surface area contributed by atoms with Gasteiger partial charge in [-0.25, -0.2) is 4.57 Å². The lowest BCUT2D eigenvalue weighted by Gasteiger charge is -2.20. The Morgan fingerprint density at radius 1 is 0.750 bits per heavy atom. The molecule has 0 heterocycles. The van der Waals surface area contributed by atoms with Gasteiger partial charge < -0.3 is 9.47 Å². The lowest BCUT2D eigenvalue weighted by Crippen LogP contribution is -2.28. The summed E-state index contributed by atoms with van der Waals surface area (Å²) >= 11 is 0. The van der Waals surface area contributed by atoms with Gasteiger partial charge in [0.05, 0.1) is 46.2 Å². The summed E-state index contributed by atoms with van der Waals surface area (Å²) in [5.74, 6) is 0.0774. The number of rotatable bonds is 16. The number of hydrogen-bond donors (Lipinski definition) is 0. The number of carbonyl (C=O) groups is 1. The fourth-order valence-electron chi connectivity index (χ4n) is 2.42. The van der Waals surface area contributed by atoms with Crippen molar-refractivity contribution < 1.29 is 32.4 Å². The predicted molar refractivity (Wildman–Crippen MR) is 122 cm³/mol. The molecule has 0 fully saturated rings. The highest BCUT2D eigenvalue weighted by Gasteiger charge is 2.27. The highest BCUT2D eigenvalue weighted by Crippen LogP contribution is 2.50. The Balaban J connectivity index is 1.75. The number of carbonyl (C=O) groups excluding carboxylic acids is 1. The van der Waals surface area contributed by atoms with E-state index in [1.807, 2.05) is 74.5 Å². The van der Waals surface area contributed by atoms with Crippen molar-refractivity contribution >= 4 is 13.6 Å². The average molecular weight is 464 g/mol. The minimum absolute atomic E-state index is 0.0415. The van der Waals surface area contributed by atoms with E-state index in [1.54, 1.807) is 6.92 Å². The van der Waals surface area contributed by atoms with Gasteiger partial charge in [-0.15, -0.1) is 0 Å². The van der Waals surface area contributed by atoms with Crippen molar-refractivity contribution in [3.63, 3.8) is 0 Å². The summed E-state index contributed by atoms with van der Waals surface area (Å²) < 4.78 is 40.6. The van der Waals surface area contributed by atoms with Crippen LogP contribution < -0.4 is 0 Å². The zero-order valence-electron chi connectivity index (χ0n) is 19.0. The van der Waals surface area contributed by atoms with E-state index in [2.05, 4.69) is 0 Å². The number of ether oxygens (including phenoxy) is 2. The maximum absolute atomic E-state index is 13.1. The Labute approximate surface area is 190 Å². The molecule has 0 N–H and O–H groups in total.